The third-order valence-corrected chi connectivity index (χ3v) is 6.41. The van der Waals surface area contributed by atoms with Crippen molar-refractivity contribution in [3.63, 3.8) is 0 Å². The highest BCUT2D eigenvalue weighted by atomic mass is 16.5. The molecule has 2 aromatic carbocycles. The molecule has 0 N–H and O–H groups in total. The zero-order chi connectivity index (χ0) is 20.7. The summed E-state index contributed by atoms with van der Waals surface area (Å²) in [6, 6.07) is 14.6. The molecule has 1 aliphatic carbocycles. The lowest BCUT2D eigenvalue weighted by Crippen LogP contribution is -2.26. The summed E-state index contributed by atoms with van der Waals surface area (Å²) in [5.74, 6) is 1.70. The molecule has 1 aliphatic heterocycles. The van der Waals surface area contributed by atoms with Gasteiger partial charge in [-0.25, -0.2) is 0 Å². The maximum absolute atomic E-state index is 12.9. The molecule has 0 spiro atoms. The number of fused-ring (bicyclic) bond motifs is 1. The Kier molecular flexibility index (Phi) is 4.89. The molecule has 1 aromatic heterocycles. The molecule has 5 nitrogen and oxygen atoms in total. The van der Waals surface area contributed by atoms with Gasteiger partial charge in [0.25, 0.3) is 0 Å². The molecule has 5 rings (SSSR count). The number of benzene rings is 2. The molecule has 30 heavy (non-hydrogen) atoms. The molecule has 2 aliphatic rings. The van der Waals surface area contributed by atoms with Crippen LogP contribution in [0, 0.1) is 0 Å². The number of carbonyl (C=O) groups is 1. The van der Waals surface area contributed by atoms with Crippen LogP contribution in [0.4, 0.5) is 5.69 Å². The van der Waals surface area contributed by atoms with Gasteiger partial charge >= 0.3 is 0 Å². The second-order valence-electron chi connectivity index (χ2n) is 8.76. The van der Waals surface area contributed by atoms with Gasteiger partial charge in [0.15, 0.2) is 0 Å². The van der Waals surface area contributed by atoms with E-state index < -0.39 is 0 Å². The zero-order valence-corrected chi connectivity index (χ0v) is 17.6. The predicted molar refractivity (Wildman–Crippen MR) is 117 cm³/mol. The van der Waals surface area contributed by atoms with E-state index >= 15 is 0 Å². The van der Waals surface area contributed by atoms with Gasteiger partial charge in [-0.05, 0) is 54.4 Å². The van der Waals surface area contributed by atoms with Crippen LogP contribution in [-0.2, 0) is 17.6 Å². The Labute approximate surface area is 177 Å². The van der Waals surface area contributed by atoms with Gasteiger partial charge in [-0.15, -0.1) is 0 Å². The van der Waals surface area contributed by atoms with Gasteiger partial charge in [0.1, 0.15) is 0 Å². The van der Waals surface area contributed by atoms with Crippen LogP contribution in [0.25, 0.3) is 11.4 Å². The van der Waals surface area contributed by atoms with Gasteiger partial charge in [-0.1, -0.05) is 55.4 Å². The lowest BCUT2D eigenvalue weighted by molar-refractivity contribution is -0.117. The SMILES string of the molecule is CC(C)c1ccc(-c2noc(C3CC(=O)N(c4cccc5c4CCCC5)C3)n2)cc1. The highest BCUT2D eigenvalue weighted by molar-refractivity contribution is 5.97. The van der Waals surface area contributed by atoms with Crippen LogP contribution >= 0.6 is 0 Å². The van der Waals surface area contributed by atoms with Crippen molar-refractivity contribution in [3.8, 4) is 11.4 Å². The first-order valence-electron chi connectivity index (χ1n) is 10.9. The van der Waals surface area contributed by atoms with Gasteiger partial charge in [0.2, 0.25) is 17.6 Å². The number of aromatic nitrogens is 2. The fourth-order valence-electron chi connectivity index (χ4n) is 4.66. The van der Waals surface area contributed by atoms with Crippen molar-refractivity contribution in [2.75, 3.05) is 11.4 Å². The van der Waals surface area contributed by atoms with Crippen LogP contribution in [0.1, 0.15) is 67.5 Å². The molecule has 1 fully saturated rings. The minimum absolute atomic E-state index is 0.0619. The summed E-state index contributed by atoms with van der Waals surface area (Å²) in [5.41, 5.74) is 6.02. The van der Waals surface area contributed by atoms with Crippen LogP contribution in [0.2, 0.25) is 0 Å². The van der Waals surface area contributed by atoms with Crippen molar-refractivity contribution < 1.29 is 9.32 Å². The molecule has 2 heterocycles. The van der Waals surface area contributed by atoms with E-state index in [0.29, 0.717) is 30.6 Å². The molecular formula is C25H27N3O2. The van der Waals surface area contributed by atoms with Gasteiger partial charge in [0.05, 0.1) is 5.92 Å². The summed E-state index contributed by atoms with van der Waals surface area (Å²) in [5, 5.41) is 4.18. The summed E-state index contributed by atoms with van der Waals surface area (Å²) in [6.45, 7) is 4.95. The smallest absolute Gasteiger partial charge is 0.232 e. The summed E-state index contributed by atoms with van der Waals surface area (Å²) in [7, 11) is 0. The van der Waals surface area contributed by atoms with E-state index in [1.54, 1.807) is 0 Å². The predicted octanol–water partition coefficient (Wildman–Crippen LogP) is 5.26. The normalized spacial score (nSPS) is 18.8. The quantitative estimate of drug-likeness (QED) is 0.598. The van der Waals surface area contributed by atoms with E-state index in [1.807, 2.05) is 17.0 Å². The lowest BCUT2D eigenvalue weighted by Gasteiger charge is -2.25. The van der Waals surface area contributed by atoms with E-state index in [1.165, 1.54) is 29.5 Å². The van der Waals surface area contributed by atoms with Crippen LogP contribution in [0.3, 0.4) is 0 Å². The summed E-state index contributed by atoms with van der Waals surface area (Å²) < 4.78 is 5.59. The Hall–Kier alpha value is -2.95. The largest absolute Gasteiger partial charge is 0.339 e. The Morgan fingerprint density at radius 1 is 1.07 bits per heavy atom. The van der Waals surface area contributed by atoms with Crippen molar-refractivity contribution in [2.45, 2.75) is 57.8 Å². The van der Waals surface area contributed by atoms with Gasteiger partial charge in [-0.3, -0.25) is 4.79 Å². The van der Waals surface area contributed by atoms with E-state index in [0.717, 1.165) is 24.1 Å². The molecule has 1 amide bonds. The molecule has 3 aromatic rings. The zero-order valence-electron chi connectivity index (χ0n) is 17.6. The first-order valence-corrected chi connectivity index (χ1v) is 10.9. The summed E-state index contributed by atoms with van der Waals surface area (Å²) in [6.07, 6.45) is 5.00. The number of rotatable bonds is 4. The average molecular weight is 402 g/mol. The standard InChI is InChI=1S/C25H27N3O2/c1-16(2)17-10-12-19(13-11-17)24-26-25(30-27-24)20-14-23(29)28(15-20)22-9-5-7-18-6-3-4-8-21(18)22/h5,7,9-13,16,20H,3-4,6,8,14-15H2,1-2H3. The first-order chi connectivity index (χ1) is 14.6. The molecule has 1 unspecified atom stereocenters. The van der Waals surface area contributed by atoms with E-state index in [-0.39, 0.29) is 11.8 Å². The topological polar surface area (TPSA) is 59.2 Å². The first kappa shape index (κ1) is 19.0. The maximum Gasteiger partial charge on any atom is 0.232 e. The molecule has 1 atom stereocenters. The minimum atomic E-state index is -0.0619. The lowest BCUT2D eigenvalue weighted by atomic mass is 9.90. The Morgan fingerprint density at radius 3 is 2.67 bits per heavy atom. The number of anilines is 1. The van der Waals surface area contributed by atoms with E-state index in [9.17, 15) is 4.79 Å². The van der Waals surface area contributed by atoms with Crippen LogP contribution in [0.15, 0.2) is 47.0 Å². The monoisotopic (exact) mass is 401 g/mol. The molecule has 0 bridgehead atoms. The number of aryl methyl sites for hydroxylation is 1. The molecule has 5 heteroatoms. The van der Waals surface area contributed by atoms with Crippen molar-refractivity contribution in [1.82, 2.24) is 10.1 Å². The number of hydrogen-bond acceptors (Lipinski definition) is 4. The summed E-state index contributed by atoms with van der Waals surface area (Å²) in [4.78, 5) is 19.4. The second kappa shape index (κ2) is 7.71. The van der Waals surface area contributed by atoms with E-state index in [2.05, 4.69) is 54.3 Å². The minimum Gasteiger partial charge on any atom is -0.339 e. The van der Waals surface area contributed by atoms with Crippen LogP contribution < -0.4 is 4.90 Å². The van der Waals surface area contributed by atoms with Crippen molar-refractivity contribution in [1.29, 1.82) is 0 Å². The highest BCUT2D eigenvalue weighted by Gasteiger charge is 2.36. The molecular weight excluding hydrogens is 374 g/mol. The molecule has 1 saturated heterocycles. The molecule has 154 valence electrons. The number of nitrogens with zero attached hydrogens (tertiary/aromatic N) is 3. The van der Waals surface area contributed by atoms with Crippen molar-refractivity contribution in [3.05, 3.63) is 65.0 Å². The third kappa shape index (κ3) is 3.42. The highest BCUT2D eigenvalue weighted by Crippen LogP contribution is 2.36. The van der Waals surface area contributed by atoms with Crippen LogP contribution in [0.5, 0.6) is 0 Å². The van der Waals surface area contributed by atoms with Gasteiger partial charge in [-0.2, -0.15) is 4.98 Å². The van der Waals surface area contributed by atoms with Crippen molar-refractivity contribution in [2.24, 2.45) is 0 Å². The Bertz CT molecular complexity index is 1070. The number of amides is 1. The third-order valence-electron chi connectivity index (χ3n) is 6.41. The maximum atomic E-state index is 12.9. The number of carbonyl (C=O) groups excluding carboxylic acids is 1. The molecule has 0 saturated carbocycles. The van der Waals surface area contributed by atoms with E-state index in [4.69, 9.17) is 4.52 Å². The summed E-state index contributed by atoms with van der Waals surface area (Å²) >= 11 is 0. The van der Waals surface area contributed by atoms with Gasteiger partial charge in [0, 0.05) is 24.2 Å². The fourth-order valence-corrected chi connectivity index (χ4v) is 4.66. The van der Waals surface area contributed by atoms with Gasteiger partial charge < -0.3 is 9.42 Å². The Morgan fingerprint density at radius 2 is 1.87 bits per heavy atom. The van der Waals surface area contributed by atoms with Crippen LogP contribution in [-0.4, -0.2) is 22.6 Å². The fraction of sp³-hybridized carbons (Fsp3) is 0.400. The average Bonchev–Trinajstić information content (AvgIpc) is 3.40. The number of hydrogen-bond donors (Lipinski definition) is 0. The molecule has 0 radical (unpaired) electrons. The Balaban J connectivity index is 1.37. The second-order valence-corrected chi connectivity index (χ2v) is 8.76. The van der Waals surface area contributed by atoms with Crippen molar-refractivity contribution >= 4 is 11.6 Å².